The molecule has 0 unspecified atom stereocenters. The zero-order chi connectivity index (χ0) is 12.3. The smallest absolute Gasteiger partial charge is 0.184 e. The summed E-state index contributed by atoms with van der Waals surface area (Å²) in [6.07, 6.45) is 7.09. The van der Waals surface area contributed by atoms with E-state index in [9.17, 15) is 4.79 Å². The number of Topliss-reactive ketones (excluding diaryl/α,β-unsaturated/α-hetero) is 1. The number of nitrogens with two attached hydrogens (primary N) is 1. The molecule has 0 saturated heterocycles. The molecule has 0 bridgehead atoms. The third kappa shape index (κ3) is 2.72. The van der Waals surface area contributed by atoms with E-state index in [1.807, 2.05) is 0 Å². The molecule has 5 heteroatoms. The van der Waals surface area contributed by atoms with E-state index in [4.69, 9.17) is 5.73 Å². The molecule has 1 heterocycles. The van der Waals surface area contributed by atoms with Crippen LogP contribution in [-0.2, 0) is 6.54 Å². The molecule has 0 aliphatic heterocycles. The molecular weight excluding hydrogens is 216 g/mol. The number of carbonyl (C=O) groups excluding carboxylic acids is 1. The molecule has 2 N–H and O–H groups in total. The summed E-state index contributed by atoms with van der Waals surface area (Å²) in [5, 5.41) is 7.74. The molecule has 1 aliphatic carbocycles. The van der Waals surface area contributed by atoms with Crippen molar-refractivity contribution in [2.24, 2.45) is 5.73 Å². The number of aromatic nitrogens is 3. The van der Waals surface area contributed by atoms with Crippen LogP contribution in [0.5, 0.6) is 0 Å². The molecule has 1 aromatic heterocycles. The summed E-state index contributed by atoms with van der Waals surface area (Å²) in [6.45, 7) is 2.79. The quantitative estimate of drug-likeness (QED) is 0.787. The van der Waals surface area contributed by atoms with Crippen molar-refractivity contribution >= 4 is 5.78 Å². The van der Waals surface area contributed by atoms with Crippen molar-refractivity contribution in [2.75, 3.05) is 0 Å². The normalized spacial score (nSPS) is 18.5. The summed E-state index contributed by atoms with van der Waals surface area (Å²) in [6, 6.07) is 0. The molecule has 2 rings (SSSR count). The monoisotopic (exact) mass is 236 g/mol. The zero-order valence-corrected chi connectivity index (χ0v) is 10.4. The van der Waals surface area contributed by atoms with Crippen LogP contribution in [-0.4, -0.2) is 26.3 Å². The van der Waals surface area contributed by atoms with Crippen LogP contribution in [0.15, 0.2) is 6.20 Å². The van der Waals surface area contributed by atoms with Gasteiger partial charge in [0.1, 0.15) is 5.69 Å². The second-order valence-electron chi connectivity index (χ2n) is 5.01. The van der Waals surface area contributed by atoms with Gasteiger partial charge in [0.15, 0.2) is 5.78 Å². The van der Waals surface area contributed by atoms with Crippen LogP contribution in [0, 0.1) is 0 Å². The molecule has 17 heavy (non-hydrogen) atoms. The Kier molecular flexibility index (Phi) is 3.57. The van der Waals surface area contributed by atoms with Crippen molar-refractivity contribution in [1.82, 2.24) is 15.0 Å². The number of rotatable bonds is 5. The maximum atomic E-state index is 12.2. The summed E-state index contributed by atoms with van der Waals surface area (Å²) in [5.41, 5.74) is 6.53. The molecule has 0 spiro atoms. The first-order valence-corrected chi connectivity index (χ1v) is 6.35. The van der Waals surface area contributed by atoms with Crippen LogP contribution in [0.1, 0.15) is 55.9 Å². The second kappa shape index (κ2) is 4.96. The molecule has 5 nitrogen and oxygen atoms in total. The topological polar surface area (TPSA) is 73.8 Å². The standard InChI is InChI=1S/C12H20N4O/c1-2-7-16-10(9-14-15-16)11(17)8-12(13)5-3-4-6-12/h9H,2-8,13H2,1H3. The molecule has 0 radical (unpaired) electrons. The fourth-order valence-electron chi connectivity index (χ4n) is 2.52. The van der Waals surface area contributed by atoms with Crippen molar-refractivity contribution < 1.29 is 4.79 Å². The summed E-state index contributed by atoms with van der Waals surface area (Å²) < 4.78 is 1.68. The van der Waals surface area contributed by atoms with Gasteiger partial charge in [0.25, 0.3) is 0 Å². The van der Waals surface area contributed by atoms with E-state index in [1.54, 1.807) is 10.9 Å². The lowest BCUT2D eigenvalue weighted by molar-refractivity contribution is 0.0941. The van der Waals surface area contributed by atoms with Crippen molar-refractivity contribution in [1.29, 1.82) is 0 Å². The predicted octanol–water partition coefficient (Wildman–Crippen LogP) is 1.53. The second-order valence-corrected chi connectivity index (χ2v) is 5.01. The van der Waals surface area contributed by atoms with Gasteiger partial charge >= 0.3 is 0 Å². The number of hydrogen-bond acceptors (Lipinski definition) is 4. The lowest BCUT2D eigenvalue weighted by Crippen LogP contribution is -2.39. The van der Waals surface area contributed by atoms with Crippen LogP contribution >= 0.6 is 0 Å². The number of aryl methyl sites for hydroxylation is 1. The molecule has 1 fully saturated rings. The largest absolute Gasteiger partial charge is 0.325 e. The number of carbonyl (C=O) groups is 1. The third-order valence-electron chi connectivity index (χ3n) is 3.45. The minimum Gasteiger partial charge on any atom is -0.325 e. The first-order chi connectivity index (χ1) is 8.14. The first-order valence-electron chi connectivity index (χ1n) is 6.35. The van der Waals surface area contributed by atoms with Gasteiger partial charge in [-0.15, -0.1) is 5.10 Å². The highest BCUT2D eigenvalue weighted by molar-refractivity contribution is 5.94. The van der Waals surface area contributed by atoms with Crippen LogP contribution in [0.3, 0.4) is 0 Å². The molecule has 1 aromatic rings. The van der Waals surface area contributed by atoms with E-state index >= 15 is 0 Å². The van der Waals surface area contributed by atoms with Gasteiger partial charge in [-0.2, -0.15) is 0 Å². The van der Waals surface area contributed by atoms with E-state index in [1.165, 1.54) is 0 Å². The lowest BCUT2D eigenvalue weighted by atomic mass is 9.91. The van der Waals surface area contributed by atoms with Crippen LogP contribution < -0.4 is 5.73 Å². The summed E-state index contributed by atoms with van der Waals surface area (Å²) in [4.78, 5) is 12.2. The molecular formula is C12H20N4O. The number of hydrogen-bond donors (Lipinski definition) is 1. The highest BCUT2D eigenvalue weighted by atomic mass is 16.1. The van der Waals surface area contributed by atoms with Crippen LogP contribution in [0.4, 0.5) is 0 Å². The van der Waals surface area contributed by atoms with Gasteiger partial charge in [-0.1, -0.05) is 25.0 Å². The average Bonchev–Trinajstić information content (AvgIpc) is 2.88. The predicted molar refractivity (Wildman–Crippen MR) is 64.6 cm³/mol. The van der Waals surface area contributed by atoms with Gasteiger partial charge in [-0.05, 0) is 19.3 Å². The molecule has 0 atom stereocenters. The molecule has 0 amide bonds. The SMILES string of the molecule is CCCn1nncc1C(=O)CC1(N)CCCC1. The Hall–Kier alpha value is -1.23. The summed E-state index contributed by atoms with van der Waals surface area (Å²) in [5.74, 6) is 0.0767. The lowest BCUT2D eigenvalue weighted by Gasteiger charge is -2.22. The average molecular weight is 236 g/mol. The third-order valence-corrected chi connectivity index (χ3v) is 3.45. The fourth-order valence-corrected chi connectivity index (χ4v) is 2.52. The Morgan fingerprint density at radius 3 is 2.88 bits per heavy atom. The highest BCUT2D eigenvalue weighted by Gasteiger charge is 2.32. The Balaban J connectivity index is 2.06. The molecule has 94 valence electrons. The minimum absolute atomic E-state index is 0.0767. The van der Waals surface area contributed by atoms with E-state index < -0.39 is 0 Å². The maximum absolute atomic E-state index is 12.2. The Morgan fingerprint density at radius 1 is 1.53 bits per heavy atom. The van der Waals surface area contributed by atoms with Crippen LogP contribution in [0.2, 0.25) is 0 Å². The van der Waals surface area contributed by atoms with Gasteiger partial charge in [0.2, 0.25) is 0 Å². The summed E-state index contributed by atoms with van der Waals surface area (Å²) >= 11 is 0. The molecule has 0 aromatic carbocycles. The van der Waals surface area contributed by atoms with E-state index in [2.05, 4.69) is 17.2 Å². The van der Waals surface area contributed by atoms with Crippen LogP contribution in [0.25, 0.3) is 0 Å². The van der Waals surface area contributed by atoms with Gasteiger partial charge in [0.05, 0.1) is 6.20 Å². The van der Waals surface area contributed by atoms with E-state index in [-0.39, 0.29) is 11.3 Å². The van der Waals surface area contributed by atoms with Crippen molar-refractivity contribution in [3.63, 3.8) is 0 Å². The fraction of sp³-hybridized carbons (Fsp3) is 0.750. The van der Waals surface area contributed by atoms with E-state index in [0.717, 1.165) is 38.6 Å². The van der Waals surface area contributed by atoms with E-state index in [0.29, 0.717) is 12.1 Å². The van der Waals surface area contributed by atoms with Crippen molar-refractivity contribution in [3.05, 3.63) is 11.9 Å². The van der Waals surface area contributed by atoms with Gasteiger partial charge in [-0.3, -0.25) is 4.79 Å². The highest BCUT2D eigenvalue weighted by Crippen LogP contribution is 2.31. The van der Waals surface area contributed by atoms with Gasteiger partial charge in [0, 0.05) is 18.5 Å². The Labute approximate surface area is 101 Å². The molecule has 1 saturated carbocycles. The summed E-state index contributed by atoms with van der Waals surface area (Å²) in [7, 11) is 0. The van der Waals surface area contributed by atoms with Gasteiger partial charge < -0.3 is 5.73 Å². The number of ketones is 1. The first kappa shape index (κ1) is 12.2. The van der Waals surface area contributed by atoms with Gasteiger partial charge in [-0.25, -0.2) is 4.68 Å². The maximum Gasteiger partial charge on any atom is 0.184 e. The zero-order valence-electron chi connectivity index (χ0n) is 10.4. The minimum atomic E-state index is -0.293. The Morgan fingerprint density at radius 2 is 2.24 bits per heavy atom. The molecule has 1 aliphatic rings. The Bertz CT molecular complexity index is 393. The van der Waals surface area contributed by atoms with Crippen molar-refractivity contribution in [3.8, 4) is 0 Å². The number of nitrogens with zero attached hydrogens (tertiary/aromatic N) is 3. The van der Waals surface area contributed by atoms with Crippen molar-refractivity contribution in [2.45, 2.75) is 57.5 Å².